The largest absolute Gasteiger partial charge is 0.276 e. The minimum atomic E-state index is 0.909. The summed E-state index contributed by atoms with van der Waals surface area (Å²) in [5.74, 6) is 0. The number of nitrogens with one attached hydrogen (secondary N) is 1. The number of aromatic amines is 1. The van der Waals surface area contributed by atoms with E-state index in [0.29, 0.717) is 0 Å². The van der Waals surface area contributed by atoms with Crippen LogP contribution in [0.4, 0.5) is 0 Å². The van der Waals surface area contributed by atoms with Crippen molar-refractivity contribution in [1.82, 2.24) is 15.2 Å². The molecule has 3 rings (SSSR count). The summed E-state index contributed by atoms with van der Waals surface area (Å²) in [6.45, 7) is 0. The molecule has 0 unspecified atom stereocenters. The summed E-state index contributed by atoms with van der Waals surface area (Å²) >= 11 is 0. The Hall–Kier alpha value is -2.16. The lowest BCUT2D eigenvalue weighted by molar-refractivity contribution is 1.12. The predicted octanol–water partition coefficient (Wildman–Crippen LogP) is 2.62. The molecule has 0 spiro atoms. The van der Waals surface area contributed by atoms with Gasteiger partial charge in [-0.3, -0.25) is 10.1 Å². The van der Waals surface area contributed by atoms with E-state index in [1.54, 1.807) is 6.20 Å². The quantitative estimate of drug-likeness (QED) is 0.648. The molecule has 15 heavy (non-hydrogen) atoms. The molecule has 2 heterocycles. The molecule has 2 aromatic heterocycles. The Balaban J connectivity index is 2.28. The third-order valence-corrected chi connectivity index (χ3v) is 2.37. The van der Waals surface area contributed by atoms with Gasteiger partial charge in [-0.05, 0) is 12.1 Å². The molecular weight excluding hydrogens is 186 g/mol. The lowest BCUT2D eigenvalue weighted by atomic mass is 10.1. The van der Waals surface area contributed by atoms with E-state index in [1.165, 1.54) is 0 Å². The number of H-pyrrole nitrogens is 1. The van der Waals surface area contributed by atoms with Crippen molar-refractivity contribution < 1.29 is 0 Å². The van der Waals surface area contributed by atoms with Crippen LogP contribution in [0.3, 0.4) is 0 Å². The lowest BCUT2D eigenvalue weighted by Gasteiger charge is -1.95. The van der Waals surface area contributed by atoms with Crippen molar-refractivity contribution in [2.45, 2.75) is 0 Å². The van der Waals surface area contributed by atoms with Crippen molar-refractivity contribution in [1.29, 1.82) is 0 Å². The Morgan fingerprint density at radius 1 is 0.933 bits per heavy atom. The number of hydrogen-bond acceptors (Lipinski definition) is 2. The first-order valence-corrected chi connectivity index (χ1v) is 4.80. The van der Waals surface area contributed by atoms with Gasteiger partial charge >= 0.3 is 0 Å². The third kappa shape index (κ3) is 1.29. The summed E-state index contributed by atoms with van der Waals surface area (Å²) in [7, 11) is 0. The maximum Gasteiger partial charge on any atom is 0.118 e. The Kier molecular flexibility index (Phi) is 1.75. The summed E-state index contributed by atoms with van der Waals surface area (Å²) in [4.78, 5) is 4.32. The molecule has 1 aromatic carbocycles. The van der Waals surface area contributed by atoms with E-state index in [2.05, 4.69) is 15.2 Å². The van der Waals surface area contributed by atoms with Crippen LogP contribution >= 0.6 is 0 Å². The zero-order valence-electron chi connectivity index (χ0n) is 8.01. The van der Waals surface area contributed by atoms with Gasteiger partial charge in [0, 0.05) is 11.8 Å². The summed E-state index contributed by atoms with van der Waals surface area (Å²) in [5.41, 5.74) is 3.88. The number of rotatable bonds is 1. The molecule has 3 aromatic rings. The highest BCUT2D eigenvalue weighted by Crippen LogP contribution is 2.23. The second-order valence-electron chi connectivity index (χ2n) is 3.34. The summed E-state index contributed by atoms with van der Waals surface area (Å²) in [6, 6.07) is 13.9. The summed E-state index contributed by atoms with van der Waals surface area (Å²) in [5, 5.41) is 7.25. The zero-order chi connectivity index (χ0) is 10.1. The third-order valence-electron chi connectivity index (χ3n) is 2.37. The van der Waals surface area contributed by atoms with Crippen molar-refractivity contribution in [3.05, 3.63) is 48.7 Å². The van der Waals surface area contributed by atoms with Gasteiger partial charge in [0.05, 0.1) is 5.52 Å². The molecule has 0 atom stereocenters. The minimum Gasteiger partial charge on any atom is -0.276 e. The fourth-order valence-corrected chi connectivity index (χ4v) is 1.65. The van der Waals surface area contributed by atoms with E-state index >= 15 is 0 Å². The van der Waals surface area contributed by atoms with E-state index < -0.39 is 0 Å². The fourth-order valence-electron chi connectivity index (χ4n) is 1.65. The Morgan fingerprint density at radius 3 is 2.67 bits per heavy atom. The first-order valence-electron chi connectivity index (χ1n) is 4.80. The summed E-state index contributed by atoms with van der Waals surface area (Å²) in [6.07, 6.45) is 1.78. The van der Waals surface area contributed by atoms with Gasteiger partial charge in [0.15, 0.2) is 0 Å². The van der Waals surface area contributed by atoms with Gasteiger partial charge in [-0.2, -0.15) is 5.10 Å². The van der Waals surface area contributed by atoms with Crippen LogP contribution < -0.4 is 0 Å². The van der Waals surface area contributed by atoms with Crippen LogP contribution in [-0.2, 0) is 0 Å². The first kappa shape index (κ1) is 8.17. The van der Waals surface area contributed by atoms with E-state index in [4.69, 9.17) is 0 Å². The number of nitrogens with zero attached hydrogens (tertiary/aromatic N) is 2. The number of fused-ring (bicyclic) bond motifs is 1. The molecule has 0 aliphatic heterocycles. The van der Waals surface area contributed by atoms with Crippen molar-refractivity contribution >= 4 is 11.0 Å². The maximum absolute atomic E-state index is 4.32. The van der Waals surface area contributed by atoms with Gasteiger partial charge in [-0.1, -0.05) is 30.3 Å². The summed E-state index contributed by atoms with van der Waals surface area (Å²) < 4.78 is 0. The van der Waals surface area contributed by atoms with E-state index in [-0.39, 0.29) is 0 Å². The molecule has 3 nitrogen and oxygen atoms in total. The highest BCUT2D eigenvalue weighted by atomic mass is 15.1. The number of benzene rings is 1. The molecular formula is C12H9N3. The van der Waals surface area contributed by atoms with Crippen molar-refractivity contribution in [2.75, 3.05) is 0 Å². The van der Waals surface area contributed by atoms with Gasteiger partial charge in [0.1, 0.15) is 11.2 Å². The molecule has 0 amide bonds. The van der Waals surface area contributed by atoms with Gasteiger partial charge in [0.2, 0.25) is 0 Å². The van der Waals surface area contributed by atoms with Gasteiger partial charge < -0.3 is 0 Å². The number of pyridine rings is 1. The smallest absolute Gasteiger partial charge is 0.118 e. The number of aromatic nitrogens is 3. The molecule has 0 saturated carbocycles. The molecule has 0 fully saturated rings. The Morgan fingerprint density at radius 2 is 1.80 bits per heavy atom. The number of hydrogen-bond donors (Lipinski definition) is 1. The molecule has 0 saturated heterocycles. The molecule has 0 aliphatic rings. The lowest BCUT2D eigenvalue weighted by Crippen LogP contribution is -1.79. The first-order chi connectivity index (χ1) is 7.45. The average Bonchev–Trinajstić information content (AvgIpc) is 2.74. The topological polar surface area (TPSA) is 41.6 Å². The second kappa shape index (κ2) is 3.20. The molecule has 72 valence electrons. The zero-order valence-corrected chi connectivity index (χ0v) is 8.01. The van der Waals surface area contributed by atoms with Crippen LogP contribution in [0.15, 0.2) is 48.7 Å². The molecule has 1 N–H and O–H groups in total. The molecule has 0 radical (unpaired) electrons. The van der Waals surface area contributed by atoms with Gasteiger partial charge in [-0.25, -0.2) is 0 Å². The van der Waals surface area contributed by atoms with Crippen LogP contribution in [0, 0.1) is 0 Å². The SMILES string of the molecule is c1ccc(-c2n[nH]c3cccnc23)cc1. The fraction of sp³-hybridized carbons (Fsp3) is 0. The standard InChI is InChI=1S/C12H9N3/c1-2-5-9(6-3-1)11-12-10(14-15-11)7-4-8-13-12/h1-8H,(H,14,15). The van der Waals surface area contributed by atoms with E-state index in [0.717, 1.165) is 22.3 Å². The van der Waals surface area contributed by atoms with E-state index in [1.807, 2.05) is 42.5 Å². The van der Waals surface area contributed by atoms with Crippen molar-refractivity contribution in [2.24, 2.45) is 0 Å². The van der Waals surface area contributed by atoms with Gasteiger partial charge in [-0.15, -0.1) is 0 Å². The van der Waals surface area contributed by atoms with Crippen LogP contribution in [0.1, 0.15) is 0 Å². The van der Waals surface area contributed by atoms with Crippen molar-refractivity contribution in [3.63, 3.8) is 0 Å². The van der Waals surface area contributed by atoms with Crippen molar-refractivity contribution in [3.8, 4) is 11.3 Å². The maximum atomic E-state index is 4.32. The van der Waals surface area contributed by atoms with Crippen LogP contribution in [-0.4, -0.2) is 15.2 Å². The molecule has 3 heteroatoms. The minimum absolute atomic E-state index is 0.909. The highest BCUT2D eigenvalue weighted by molar-refractivity contribution is 5.89. The molecule has 0 aliphatic carbocycles. The average molecular weight is 195 g/mol. The van der Waals surface area contributed by atoms with Crippen LogP contribution in [0.2, 0.25) is 0 Å². The van der Waals surface area contributed by atoms with Crippen LogP contribution in [0.25, 0.3) is 22.3 Å². The molecule has 0 bridgehead atoms. The van der Waals surface area contributed by atoms with E-state index in [9.17, 15) is 0 Å². The van der Waals surface area contributed by atoms with Crippen LogP contribution in [0.5, 0.6) is 0 Å². The second-order valence-corrected chi connectivity index (χ2v) is 3.34. The highest BCUT2D eigenvalue weighted by Gasteiger charge is 2.07. The van der Waals surface area contributed by atoms with Gasteiger partial charge in [0.25, 0.3) is 0 Å². The Bertz CT molecular complexity index is 584. The normalized spacial score (nSPS) is 10.7. The Labute approximate surface area is 86.8 Å². The monoisotopic (exact) mass is 195 g/mol. The predicted molar refractivity (Wildman–Crippen MR) is 59.3 cm³/mol.